The summed E-state index contributed by atoms with van der Waals surface area (Å²) in [5, 5.41) is 25.8. The third kappa shape index (κ3) is 6.64. The van der Waals surface area contributed by atoms with Gasteiger partial charge in [0.05, 0.1) is 6.10 Å². The van der Waals surface area contributed by atoms with Gasteiger partial charge in [-0.25, -0.2) is 13.8 Å². The molecule has 6 atom stereocenters. The molecule has 3 rings (SSSR count). The van der Waals surface area contributed by atoms with Crippen molar-refractivity contribution >= 4 is 25.7 Å². The molecular formula is C22H31FN3O10P. The summed E-state index contributed by atoms with van der Waals surface area (Å²) >= 11 is 0. The Labute approximate surface area is 212 Å². The Morgan fingerprint density at radius 1 is 1.32 bits per heavy atom. The van der Waals surface area contributed by atoms with Crippen LogP contribution >= 0.6 is 7.75 Å². The van der Waals surface area contributed by atoms with Crippen LogP contribution in [0.3, 0.4) is 0 Å². The number of nitrogens with one attached hydrogen (secondary N) is 2. The van der Waals surface area contributed by atoms with E-state index in [1.807, 2.05) is 5.32 Å². The van der Waals surface area contributed by atoms with E-state index in [2.05, 4.69) is 5.09 Å². The molecule has 0 spiro atoms. The maximum Gasteiger partial charge on any atom is 0.459 e. The number of carbonyl (C=O) groups excluding carboxylic acids is 3. The van der Waals surface area contributed by atoms with Crippen LogP contribution in [0.25, 0.3) is 0 Å². The number of aliphatic hydroxyl groups is 2. The lowest BCUT2D eigenvalue weighted by atomic mass is 9.94. The van der Waals surface area contributed by atoms with Gasteiger partial charge < -0.3 is 24.2 Å². The van der Waals surface area contributed by atoms with Crippen molar-refractivity contribution in [2.75, 3.05) is 13.2 Å². The maximum absolute atomic E-state index is 15.9. The van der Waals surface area contributed by atoms with Crippen molar-refractivity contribution in [2.24, 2.45) is 0 Å². The van der Waals surface area contributed by atoms with Crippen LogP contribution in [0.1, 0.15) is 34.1 Å². The van der Waals surface area contributed by atoms with E-state index in [1.165, 1.54) is 19.1 Å². The van der Waals surface area contributed by atoms with Crippen molar-refractivity contribution < 1.29 is 52.1 Å². The number of benzene rings is 1. The minimum Gasteiger partial charge on any atom is -0.462 e. The zero-order chi connectivity index (χ0) is 27.6. The van der Waals surface area contributed by atoms with Crippen LogP contribution in [0.4, 0.5) is 9.18 Å². The van der Waals surface area contributed by atoms with Gasteiger partial charge in [0.15, 0.2) is 6.23 Å². The monoisotopic (exact) mass is 547 g/mol. The van der Waals surface area contributed by atoms with Crippen LogP contribution in [0.15, 0.2) is 30.3 Å². The van der Waals surface area contributed by atoms with E-state index in [4.69, 9.17) is 18.5 Å². The number of hydrogen-bond acceptors (Lipinski definition) is 10. The SMILES string of the molecule is CC(C)OC(=O)[C@H](C)NP(=O)(OC[C@@]1(F)O[C@@H](N2CCC(=O)NC2=O)[C@](C)(O)[C@@H]1O)Oc1ccccc1. The molecule has 3 amide bonds. The van der Waals surface area contributed by atoms with Gasteiger partial charge in [-0.05, 0) is 39.8 Å². The van der Waals surface area contributed by atoms with Crippen LogP contribution in [-0.2, 0) is 28.2 Å². The lowest BCUT2D eigenvalue weighted by molar-refractivity contribution is -0.208. The van der Waals surface area contributed by atoms with Gasteiger partial charge in [-0.2, -0.15) is 5.09 Å². The summed E-state index contributed by atoms with van der Waals surface area (Å²) in [6, 6.07) is 5.54. The Hall–Kier alpha value is -2.61. The van der Waals surface area contributed by atoms with E-state index in [0.717, 1.165) is 11.8 Å². The fourth-order valence-corrected chi connectivity index (χ4v) is 5.25. The van der Waals surface area contributed by atoms with Crippen molar-refractivity contribution in [3.05, 3.63) is 30.3 Å². The minimum atomic E-state index is -4.53. The highest BCUT2D eigenvalue weighted by molar-refractivity contribution is 7.52. The molecule has 2 aliphatic rings. The van der Waals surface area contributed by atoms with E-state index >= 15 is 4.39 Å². The average Bonchev–Trinajstić information content (AvgIpc) is 2.98. The topological polar surface area (TPSA) is 173 Å². The highest BCUT2D eigenvalue weighted by Crippen LogP contribution is 2.49. The molecule has 15 heteroatoms. The molecule has 0 aliphatic carbocycles. The number of halogens is 1. The molecule has 13 nitrogen and oxygen atoms in total. The summed E-state index contributed by atoms with van der Waals surface area (Å²) in [6.07, 6.45) is -4.60. The van der Waals surface area contributed by atoms with Crippen molar-refractivity contribution in [3.63, 3.8) is 0 Å². The molecule has 2 saturated heterocycles. The van der Waals surface area contributed by atoms with Gasteiger partial charge >= 0.3 is 19.7 Å². The smallest absolute Gasteiger partial charge is 0.459 e. The number of esters is 1. The summed E-state index contributed by atoms with van der Waals surface area (Å²) < 4.78 is 50.5. The van der Waals surface area contributed by atoms with Crippen molar-refractivity contribution in [1.82, 2.24) is 15.3 Å². The first-order valence-electron chi connectivity index (χ1n) is 11.5. The highest BCUT2D eigenvalue weighted by atomic mass is 31.2. The summed E-state index contributed by atoms with van der Waals surface area (Å²) in [6.45, 7) is 4.16. The fraction of sp³-hybridized carbons (Fsp3) is 0.591. The molecule has 2 aliphatic heterocycles. The van der Waals surface area contributed by atoms with E-state index in [1.54, 1.807) is 32.0 Å². The number of para-hydroxylation sites is 1. The Morgan fingerprint density at radius 2 is 1.97 bits per heavy atom. The molecule has 4 N–H and O–H groups in total. The van der Waals surface area contributed by atoms with Gasteiger partial charge in [-0.3, -0.25) is 24.3 Å². The quantitative estimate of drug-likeness (QED) is 0.245. The van der Waals surface area contributed by atoms with Gasteiger partial charge in [0.25, 0.3) is 5.85 Å². The van der Waals surface area contributed by atoms with Crippen molar-refractivity contribution in [1.29, 1.82) is 0 Å². The number of amides is 3. The normalized spacial score (nSPS) is 30.5. The molecular weight excluding hydrogens is 516 g/mol. The third-order valence-electron chi connectivity index (χ3n) is 5.60. The van der Waals surface area contributed by atoms with Gasteiger partial charge in [-0.15, -0.1) is 0 Å². The Morgan fingerprint density at radius 3 is 2.57 bits per heavy atom. The lowest BCUT2D eigenvalue weighted by Crippen LogP contribution is -2.60. The number of imide groups is 1. The van der Waals surface area contributed by atoms with Gasteiger partial charge in [0.2, 0.25) is 5.91 Å². The summed E-state index contributed by atoms with van der Waals surface area (Å²) in [7, 11) is -4.53. The molecule has 1 aromatic rings. The van der Waals surface area contributed by atoms with Crippen LogP contribution in [0, 0.1) is 0 Å². The largest absolute Gasteiger partial charge is 0.462 e. The zero-order valence-electron chi connectivity index (χ0n) is 20.8. The molecule has 2 fully saturated rings. The van der Waals surface area contributed by atoms with Crippen LogP contribution in [0.5, 0.6) is 5.75 Å². The van der Waals surface area contributed by atoms with E-state index in [0.29, 0.717) is 0 Å². The highest BCUT2D eigenvalue weighted by Gasteiger charge is 2.65. The predicted octanol–water partition coefficient (Wildman–Crippen LogP) is 1.20. The van der Waals surface area contributed by atoms with Crippen LogP contribution in [-0.4, -0.2) is 82.1 Å². The second kappa shape index (κ2) is 11.0. The van der Waals surface area contributed by atoms with Gasteiger partial charge in [-0.1, -0.05) is 18.2 Å². The molecule has 1 aromatic carbocycles. The first-order chi connectivity index (χ1) is 17.2. The van der Waals surface area contributed by atoms with E-state index < -0.39 is 68.2 Å². The molecule has 2 heterocycles. The summed E-state index contributed by atoms with van der Waals surface area (Å²) in [4.78, 5) is 36.8. The van der Waals surface area contributed by atoms with Crippen LogP contribution < -0.4 is 14.9 Å². The summed E-state index contributed by atoms with van der Waals surface area (Å²) in [5.41, 5.74) is -2.35. The number of alkyl halides is 1. The van der Waals surface area contributed by atoms with Crippen LogP contribution in [0.2, 0.25) is 0 Å². The number of rotatable bonds is 10. The van der Waals surface area contributed by atoms with E-state index in [9.17, 15) is 29.2 Å². The average molecular weight is 547 g/mol. The Balaban J connectivity index is 1.80. The standard InChI is InChI=1S/C22H31FN3O10P/c1-13(2)34-17(28)14(3)25-37(32,36-15-8-6-5-7-9-15)33-12-22(23)18(29)21(4,31)19(35-22)26-11-10-16(27)24-20(26)30/h5-9,13-14,18-19,29,31H,10-12H2,1-4H3,(H,25,32)(H,24,27,30)/t14-,18-,19+,21+,22+,37?/m0/s1. The number of carbonyl (C=O) groups is 3. The first-order valence-corrected chi connectivity index (χ1v) is 13.1. The van der Waals surface area contributed by atoms with E-state index in [-0.39, 0.29) is 18.7 Å². The first kappa shape index (κ1) is 29.0. The zero-order valence-corrected chi connectivity index (χ0v) is 21.6. The van der Waals surface area contributed by atoms with Crippen molar-refractivity contribution in [3.8, 4) is 5.75 Å². The number of hydrogen-bond donors (Lipinski definition) is 4. The number of urea groups is 1. The Bertz CT molecular complexity index is 1060. The number of aliphatic hydroxyl groups excluding tert-OH is 1. The van der Waals surface area contributed by atoms with Gasteiger partial charge in [0.1, 0.15) is 30.1 Å². The molecule has 37 heavy (non-hydrogen) atoms. The molecule has 0 radical (unpaired) electrons. The third-order valence-corrected chi connectivity index (χ3v) is 7.22. The second-order valence-electron chi connectivity index (χ2n) is 9.19. The molecule has 0 aromatic heterocycles. The molecule has 0 saturated carbocycles. The molecule has 0 bridgehead atoms. The molecule has 206 valence electrons. The van der Waals surface area contributed by atoms with Gasteiger partial charge in [0, 0.05) is 13.0 Å². The van der Waals surface area contributed by atoms with Crippen molar-refractivity contribution in [2.45, 2.75) is 70.0 Å². The fourth-order valence-electron chi connectivity index (χ4n) is 3.74. The lowest BCUT2D eigenvalue weighted by Gasteiger charge is -2.36. The second-order valence-corrected chi connectivity index (χ2v) is 10.9. The predicted molar refractivity (Wildman–Crippen MR) is 125 cm³/mol. The Kier molecular flexibility index (Phi) is 8.62. The maximum atomic E-state index is 15.9. The number of nitrogens with zero attached hydrogens (tertiary/aromatic N) is 1. The molecule has 1 unspecified atom stereocenters. The number of ether oxygens (including phenoxy) is 2. The summed E-state index contributed by atoms with van der Waals surface area (Å²) in [5.74, 6) is -4.46. The minimum absolute atomic E-state index is 0.0584.